The van der Waals surface area contributed by atoms with Crippen LogP contribution in [0, 0.1) is 5.92 Å². The molecule has 0 aromatic heterocycles. The maximum Gasteiger partial charge on any atom is 0.334 e. The van der Waals surface area contributed by atoms with Crippen molar-refractivity contribution in [1.82, 2.24) is 0 Å². The largest absolute Gasteiger partial charge is 0.478 e. The van der Waals surface area contributed by atoms with Crippen molar-refractivity contribution in [3.05, 3.63) is 11.3 Å². The summed E-state index contributed by atoms with van der Waals surface area (Å²) in [6.45, 7) is 1.78. The second-order valence-corrected chi connectivity index (χ2v) is 1.90. The third-order valence-electron chi connectivity index (χ3n) is 1.36. The molecule has 8 heavy (non-hydrogen) atoms. The molecular weight excluding hydrogens is 106 g/mol. The van der Waals surface area contributed by atoms with Gasteiger partial charge in [-0.05, 0) is 0 Å². The van der Waals surface area contributed by atoms with E-state index in [4.69, 9.17) is 10.8 Å². The predicted octanol–water partition coefficient (Wildman–Crippen LogP) is -0.0665. The Morgan fingerprint density at radius 1 is 1.88 bits per heavy atom. The van der Waals surface area contributed by atoms with Crippen LogP contribution in [0.5, 0.6) is 0 Å². The highest BCUT2D eigenvalue weighted by Crippen LogP contribution is 2.33. The van der Waals surface area contributed by atoms with Gasteiger partial charge in [0.25, 0.3) is 0 Å². The first-order chi connectivity index (χ1) is 3.64. The van der Waals surface area contributed by atoms with E-state index >= 15 is 0 Å². The van der Waals surface area contributed by atoms with Crippen LogP contribution in [0.25, 0.3) is 0 Å². The Kier molecular flexibility index (Phi) is 0.802. The zero-order valence-electron chi connectivity index (χ0n) is 4.51. The van der Waals surface area contributed by atoms with Gasteiger partial charge < -0.3 is 10.8 Å². The molecule has 1 atom stereocenters. The second-order valence-electron chi connectivity index (χ2n) is 1.90. The van der Waals surface area contributed by atoms with Gasteiger partial charge in [-0.25, -0.2) is 4.79 Å². The molecule has 1 unspecified atom stereocenters. The lowest BCUT2D eigenvalue weighted by Crippen LogP contribution is -1.91. The van der Waals surface area contributed by atoms with Gasteiger partial charge in [0.05, 0.1) is 5.57 Å². The number of rotatable bonds is 1. The van der Waals surface area contributed by atoms with Crippen molar-refractivity contribution in [2.75, 3.05) is 0 Å². The van der Waals surface area contributed by atoms with Gasteiger partial charge in [-0.15, -0.1) is 0 Å². The van der Waals surface area contributed by atoms with Crippen molar-refractivity contribution in [1.29, 1.82) is 0 Å². The van der Waals surface area contributed by atoms with Gasteiger partial charge in [0.1, 0.15) is 0 Å². The normalized spacial score (nSPS) is 25.9. The molecule has 0 fully saturated rings. The molecule has 1 rings (SSSR count). The Balaban J connectivity index is 2.66. The number of aliphatic carboxylic acids is 1. The molecule has 0 aromatic rings. The molecule has 0 aromatic carbocycles. The molecular formula is C5H7NO2. The van der Waals surface area contributed by atoms with Gasteiger partial charge >= 0.3 is 5.97 Å². The first-order valence-corrected chi connectivity index (χ1v) is 2.37. The van der Waals surface area contributed by atoms with Crippen molar-refractivity contribution in [3.8, 4) is 0 Å². The standard InChI is InChI=1S/C5H7NO2/c1-2-3(4(2)6)5(7)8/h2H,6H2,1H3,(H,7,8). The van der Waals surface area contributed by atoms with Gasteiger partial charge in [0.2, 0.25) is 0 Å². The van der Waals surface area contributed by atoms with E-state index in [2.05, 4.69) is 0 Å². The molecule has 44 valence electrons. The molecule has 0 aliphatic heterocycles. The summed E-state index contributed by atoms with van der Waals surface area (Å²) in [6.07, 6.45) is 0. The van der Waals surface area contributed by atoms with Crippen LogP contribution in [0.4, 0.5) is 0 Å². The number of hydrogen-bond donors (Lipinski definition) is 2. The summed E-state index contributed by atoms with van der Waals surface area (Å²) >= 11 is 0. The Hall–Kier alpha value is -0.990. The zero-order chi connectivity index (χ0) is 6.31. The van der Waals surface area contributed by atoms with Crippen molar-refractivity contribution in [3.63, 3.8) is 0 Å². The average Bonchev–Trinajstić information content (AvgIpc) is 2.15. The highest BCUT2D eigenvalue weighted by atomic mass is 16.4. The van der Waals surface area contributed by atoms with Gasteiger partial charge in [-0.3, -0.25) is 0 Å². The van der Waals surface area contributed by atoms with Crippen LogP contribution in [-0.4, -0.2) is 11.1 Å². The molecule has 0 spiro atoms. The number of allylic oxidation sites excluding steroid dienone is 1. The number of carboxylic acids is 1. The molecule has 3 N–H and O–H groups in total. The van der Waals surface area contributed by atoms with Crippen LogP contribution in [0.3, 0.4) is 0 Å². The number of carboxylic acid groups (broad SMARTS) is 1. The Morgan fingerprint density at radius 2 is 2.25 bits per heavy atom. The van der Waals surface area contributed by atoms with Crippen LogP contribution >= 0.6 is 0 Å². The highest BCUT2D eigenvalue weighted by Gasteiger charge is 2.35. The summed E-state index contributed by atoms with van der Waals surface area (Å²) in [4.78, 5) is 10.0. The van der Waals surface area contributed by atoms with Gasteiger partial charge in [-0.1, -0.05) is 6.92 Å². The lowest BCUT2D eigenvalue weighted by molar-refractivity contribution is -0.132. The average molecular weight is 113 g/mol. The minimum Gasteiger partial charge on any atom is -0.478 e. The molecule has 0 radical (unpaired) electrons. The summed E-state index contributed by atoms with van der Waals surface area (Å²) < 4.78 is 0. The van der Waals surface area contributed by atoms with Gasteiger partial charge in [0.15, 0.2) is 0 Å². The van der Waals surface area contributed by atoms with Crippen LogP contribution in [0.15, 0.2) is 11.3 Å². The van der Waals surface area contributed by atoms with Crippen LogP contribution < -0.4 is 5.73 Å². The van der Waals surface area contributed by atoms with Crippen molar-refractivity contribution in [2.24, 2.45) is 11.7 Å². The molecule has 3 heteroatoms. The van der Waals surface area contributed by atoms with Crippen LogP contribution in [-0.2, 0) is 4.79 Å². The molecule has 1 aliphatic carbocycles. The predicted molar refractivity (Wildman–Crippen MR) is 28.0 cm³/mol. The maximum atomic E-state index is 10.0. The molecule has 0 amide bonds. The van der Waals surface area contributed by atoms with Crippen molar-refractivity contribution in [2.45, 2.75) is 6.92 Å². The SMILES string of the molecule is CC1C(N)=C1C(=O)O. The minimum atomic E-state index is -0.880. The molecule has 3 nitrogen and oxygen atoms in total. The fraction of sp³-hybridized carbons (Fsp3) is 0.400. The summed E-state index contributed by atoms with van der Waals surface area (Å²) in [5, 5.41) is 8.26. The van der Waals surface area contributed by atoms with E-state index < -0.39 is 5.97 Å². The number of hydrogen-bond acceptors (Lipinski definition) is 2. The Morgan fingerprint density at radius 3 is 2.25 bits per heavy atom. The second kappa shape index (κ2) is 1.24. The van der Waals surface area contributed by atoms with E-state index in [-0.39, 0.29) is 5.92 Å². The first kappa shape index (κ1) is 5.15. The van der Waals surface area contributed by atoms with E-state index in [1.54, 1.807) is 6.92 Å². The zero-order valence-corrected chi connectivity index (χ0v) is 4.51. The van der Waals surface area contributed by atoms with Crippen LogP contribution in [0.2, 0.25) is 0 Å². The lowest BCUT2D eigenvalue weighted by atomic mass is 10.3. The minimum absolute atomic E-state index is 0.0208. The Bertz CT molecular complexity index is 171. The smallest absolute Gasteiger partial charge is 0.334 e. The summed E-state index contributed by atoms with van der Waals surface area (Å²) in [7, 11) is 0. The fourth-order valence-electron chi connectivity index (χ4n) is 0.667. The number of nitrogens with two attached hydrogens (primary N) is 1. The number of carbonyl (C=O) groups is 1. The summed E-state index contributed by atoms with van der Waals surface area (Å²) in [5.41, 5.74) is 6.11. The molecule has 0 saturated heterocycles. The quantitative estimate of drug-likeness (QED) is 0.500. The van der Waals surface area contributed by atoms with Gasteiger partial charge in [0, 0.05) is 11.6 Å². The maximum absolute atomic E-state index is 10.0. The lowest BCUT2D eigenvalue weighted by Gasteiger charge is -1.78. The van der Waals surface area contributed by atoms with E-state index in [9.17, 15) is 4.79 Å². The van der Waals surface area contributed by atoms with E-state index in [1.807, 2.05) is 0 Å². The Labute approximate surface area is 46.8 Å². The van der Waals surface area contributed by atoms with Crippen molar-refractivity contribution < 1.29 is 9.90 Å². The van der Waals surface area contributed by atoms with Gasteiger partial charge in [-0.2, -0.15) is 0 Å². The summed E-state index contributed by atoms with van der Waals surface area (Å²) in [5.74, 6) is -0.859. The van der Waals surface area contributed by atoms with Crippen molar-refractivity contribution >= 4 is 5.97 Å². The highest BCUT2D eigenvalue weighted by molar-refractivity contribution is 5.94. The summed E-state index contributed by atoms with van der Waals surface area (Å²) in [6, 6.07) is 0. The van der Waals surface area contributed by atoms with E-state index in [1.165, 1.54) is 0 Å². The first-order valence-electron chi connectivity index (χ1n) is 2.37. The molecule has 0 heterocycles. The molecule has 0 saturated carbocycles. The van der Waals surface area contributed by atoms with E-state index in [0.29, 0.717) is 11.3 Å². The topological polar surface area (TPSA) is 63.3 Å². The van der Waals surface area contributed by atoms with E-state index in [0.717, 1.165) is 0 Å². The fourth-order valence-corrected chi connectivity index (χ4v) is 0.667. The molecule has 0 bridgehead atoms. The monoisotopic (exact) mass is 113 g/mol. The van der Waals surface area contributed by atoms with Crippen LogP contribution in [0.1, 0.15) is 6.92 Å². The third-order valence-corrected chi connectivity index (χ3v) is 1.36. The molecule has 1 aliphatic rings. The third kappa shape index (κ3) is 0.476.